The molecule has 1 aliphatic carbocycles. The van der Waals surface area contributed by atoms with Crippen molar-refractivity contribution < 1.29 is 18.6 Å². The summed E-state index contributed by atoms with van der Waals surface area (Å²) in [5.41, 5.74) is -0.0569. The van der Waals surface area contributed by atoms with Crippen molar-refractivity contribution in [3.05, 3.63) is 35.9 Å². The Morgan fingerprint density at radius 1 is 1.17 bits per heavy atom. The van der Waals surface area contributed by atoms with Crippen molar-refractivity contribution in [1.82, 2.24) is 0 Å². The molecule has 0 bridgehead atoms. The highest BCUT2D eigenvalue weighted by atomic mass is 32.2. The number of sulfone groups is 1. The van der Waals surface area contributed by atoms with Crippen LogP contribution in [0.4, 0.5) is 0 Å². The lowest BCUT2D eigenvalue weighted by molar-refractivity contribution is 0.130. The summed E-state index contributed by atoms with van der Waals surface area (Å²) in [5.74, 6) is -0.276. The number of rotatable bonds is 5. The van der Waals surface area contributed by atoms with Crippen LogP contribution >= 0.6 is 0 Å². The summed E-state index contributed by atoms with van der Waals surface area (Å²) in [6.07, 6.45) is 0. The number of hydrogen-bond donors (Lipinski definition) is 2. The molecule has 1 aromatic carbocycles. The molecular weight excluding hydrogens is 252 g/mol. The van der Waals surface area contributed by atoms with E-state index < -0.39 is 20.5 Å². The van der Waals surface area contributed by atoms with Crippen LogP contribution in [0.15, 0.2) is 30.3 Å². The molecule has 0 radical (unpaired) electrons. The molecular formula is C13H18O4S. The molecule has 0 unspecified atom stereocenters. The molecule has 0 amide bonds. The van der Waals surface area contributed by atoms with E-state index >= 15 is 0 Å². The molecule has 0 aromatic heterocycles. The molecule has 0 spiro atoms. The quantitative estimate of drug-likeness (QED) is 0.820. The number of hydrogen-bond acceptors (Lipinski definition) is 4. The van der Waals surface area contributed by atoms with Crippen LogP contribution in [-0.4, -0.2) is 42.8 Å². The van der Waals surface area contributed by atoms with E-state index in [4.69, 9.17) is 0 Å². The fourth-order valence-corrected chi connectivity index (χ4v) is 4.93. The minimum atomic E-state index is -3.27. The van der Waals surface area contributed by atoms with Gasteiger partial charge in [-0.1, -0.05) is 37.3 Å². The summed E-state index contributed by atoms with van der Waals surface area (Å²) in [6, 6.07) is 9.21. The van der Waals surface area contributed by atoms with Crippen molar-refractivity contribution in [1.29, 1.82) is 0 Å². The lowest BCUT2D eigenvalue weighted by atomic mass is 10.0. The molecule has 1 saturated carbocycles. The maximum Gasteiger partial charge on any atom is 0.154 e. The van der Waals surface area contributed by atoms with Crippen LogP contribution in [-0.2, 0) is 9.84 Å². The van der Waals surface area contributed by atoms with Crippen molar-refractivity contribution in [3.63, 3.8) is 0 Å². The van der Waals surface area contributed by atoms with Crippen LogP contribution in [0.1, 0.15) is 18.4 Å². The Kier molecular flexibility index (Phi) is 3.49. The van der Waals surface area contributed by atoms with Gasteiger partial charge in [0.1, 0.15) is 0 Å². The lowest BCUT2D eigenvalue weighted by Crippen LogP contribution is -2.23. The van der Waals surface area contributed by atoms with Gasteiger partial charge in [0.05, 0.1) is 18.5 Å². The molecule has 18 heavy (non-hydrogen) atoms. The summed E-state index contributed by atoms with van der Waals surface area (Å²) in [5, 5.41) is 18.3. The Morgan fingerprint density at radius 2 is 1.72 bits per heavy atom. The van der Waals surface area contributed by atoms with Crippen LogP contribution in [0.25, 0.3) is 0 Å². The van der Waals surface area contributed by atoms with Crippen molar-refractivity contribution in [2.75, 3.05) is 19.0 Å². The highest BCUT2D eigenvalue weighted by Gasteiger charge is 2.69. The molecule has 0 heterocycles. The minimum Gasteiger partial charge on any atom is -0.396 e. The van der Waals surface area contributed by atoms with Gasteiger partial charge in [0.25, 0.3) is 0 Å². The van der Waals surface area contributed by atoms with Crippen LogP contribution in [0.3, 0.4) is 0 Å². The van der Waals surface area contributed by atoms with Crippen LogP contribution in [0.5, 0.6) is 0 Å². The van der Waals surface area contributed by atoms with Gasteiger partial charge < -0.3 is 10.2 Å². The Labute approximate surface area is 107 Å². The second-order valence-electron chi connectivity index (χ2n) is 4.81. The number of aliphatic hydroxyl groups excluding tert-OH is 2. The number of aliphatic hydroxyl groups is 2. The van der Waals surface area contributed by atoms with E-state index in [-0.39, 0.29) is 24.9 Å². The predicted molar refractivity (Wildman–Crippen MR) is 69.0 cm³/mol. The first kappa shape index (κ1) is 13.5. The zero-order valence-corrected chi connectivity index (χ0v) is 11.1. The Balaban J connectivity index is 2.42. The molecule has 1 aliphatic rings. The normalized spacial score (nSPS) is 25.9. The molecule has 1 aromatic rings. The van der Waals surface area contributed by atoms with E-state index in [1.807, 2.05) is 30.3 Å². The molecule has 2 N–H and O–H groups in total. The van der Waals surface area contributed by atoms with Crippen molar-refractivity contribution in [2.24, 2.45) is 5.41 Å². The first-order valence-electron chi connectivity index (χ1n) is 6.01. The highest BCUT2D eigenvalue weighted by molar-refractivity contribution is 7.92. The van der Waals surface area contributed by atoms with Gasteiger partial charge in [-0.2, -0.15) is 0 Å². The van der Waals surface area contributed by atoms with E-state index in [1.165, 1.54) is 0 Å². The molecule has 1 fully saturated rings. The van der Waals surface area contributed by atoms with Crippen LogP contribution in [0, 0.1) is 5.41 Å². The van der Waals surface area contributed by atoms with Gasteiger partial charge >= 0.3 is 0 Å². The van der Waals surface area contributed by atoms with Gasteiger partial charge in [-0.15, -0.1) is 0 Å². The third-order valence-corrected chi connectivity index (χ3v) is 6.24. The molecule has 2 rings (SSSR count). The van der Waals surface area contributed by atoms with Gasteiger partial charge in [-0.25, -0.2) is 8.42 Å². The minimum absolute atomic E-state index is 0.0305. The summed E-state index contributed by atoms with van der Waals surface area (Å²) in [4.78, 5) is 0. The summed E-state index contributed by atoms with van der Waals surface area (Å²) < 4.78 is 24.1. The van der Waals surface area contributed by atoms with E-state index in [1.54, 1.807) is 6.92 Å². The van der Waals surface area contributed by atoms with Gasteiger partial charge in [0, 0.05) is 17.1 Å². The van der Waals surface area contributed by atoms with Crippen molar-refractivity contribution in [3.8, 4) is 0 Å². The Morgan fingerprint density at radius 3 is 2.17 bits per heavy atom. The van der Waals surface area contributed by atoms with Gasteiger partial charge in [0.2, 0.25) is 0 Å². The second kappa shape index (κ2) is 4.64. The molecule has 0 aliphatic heterocycles. The molecule has 0 saturated heterocycles. The first-order valence-corrected chi connectivity index (χ1v) is 7.73. The van der Waals surface area contributed by atoms with Gasteiger partial charge in [0.15, 0.2) is 9.84 Å². The van der Waals surface area contributed by atoms with Crippen LogP contribution < -0.4 is 0 Å². The third-order valence-electron chi connectivity index (χ3n) is 3.92. The zero-order chi connectivity index (χ0) is 13.4. The monoisotopic (exact) mass is 270 g/mol. The summed E-state index contributed by atoms with van der Waals surface area (Å²) in [7, 11) is -3.27. The van der Waals surface area contributed by atoms with Gasteiger partial charge in [-0.3, -0.25) is 0 Å². The first-order chi connectivity index (χ1) is 8.53. The molecule has 5 heteroatoms. The average Bonchev–Trinajstić information content (AvgIpc) is 3.10. The topological polar surface area (TPSA) is 74.6 Å². The van der Waals surface area contributed by atoms with Crippen LogP contribution in [0.2, 0.25) is 0 Å². The zero-order valence-electron chi connectivity index (χ0n) is 10.3. The fraction of sp³-hybridized carbons (Fsp3) is 0.538. The fourth-order valence-electron chi connectivity index (χ4n) is 2.79. The summed E-state index contributed by atoms with van der Waals surface area (Å²) >= 11 is 0. The van der Waals surface area contributed by atoms with E-state index in [0.717, 1.165) is 5.56 Å². The van der Waals surface area contributed by atoms with Crippen molar-refractivity contribution >= 4 is 9.84 Å². The molecule has 4 nitrogen and oxygen atoms in total. The Bertz CT molecular complexity index is 505. The van der Waals surface area contributed by atoms with E-state index in [0.29, 0.717) is 0 Å². The molecule has 2 atom stereocenters. The lowest BCUT2D eigenvalue weighted by Gasteiger charge is -2.10. The smallest absolute Gasteiger partial charge is 0.154 e. The van der Waals surface area contributed by atoms with Gasteiger partial charge in [-0.05, 0) is 5.56 Å². The average molecular weight is 270 g/mol. The third kappa shape index (κ3) is 1.86. The summed E-state index contributed by atoms with van der Waals surface area (Å²) in [6.45, 7) is 0.967. The van der Waals surface area contributed by atoms with E-state index in [2.05, 4.69) is 0 Å². The predicted octanol–water partition coefficient (Wildman–Crippen LogP) is 0.558. The largest absolute Gasteiger partial charge is 0.396 e. The Hall–Kier alpha value is -0.910. The maximum atomic E-state index is 12.1. The molecule has 100 valence electrons. The SMILES string of the molecule is CCS(=O)(=O)[C@@H]1[C@H](c2ccccc2)C1(CO)CO. The van der Waals surface area contributed by atoms with E-state index in [9.17, 15) is 18.6 Å². The maximum absolute atomic E-state index is 12.1. The highest BCUT2D eigenvalue weighted by Crippen LogP contribution is 2.62. The van der Waals surface area contributed by atoms with Crippen molar-refractivity contribution in [2.45, 2.75) is 18.1 Å². The second-order valence-corrected chi connectivity index (χ2v) is 7.22. The standard InChI is InChI=1S/C13H18O4S/c1-2-18(16,17)12-11(13(12,8-14)9-15)10-6-4-3-5-7-10/h3-7,11-12,14-15H,2,8-9H2,1H3/t11-,12+/m0/s1. The number of benzene rings is 1.